The molecule has 1 amide bonds. The fourth-order valence-electron chi connectivity index (χ4n) is 3.82. The van der Waals surface area contributed by atoms with Crippen molar-refractivity contribution in [2.24, 2.45) is 5.92 Å². The number of aromatic nitrogens is 3. The van der Waals surface area contributed by atoms with Crippen LogP contribution in [0.3, 0.4) is 0 Å². The first-order chi connectivity index (χ1) is 13.7. The number of hydrogen-bond donors (Lipinski definition) is 0. The molecule has 28 heavy (non-hydrogen) atoms. The SMILES string of the molecule is CCc1ccc(-n2cc(C(=O)N3CCC(Cc4ccccc4)CC3)nn2)cc1. The second-order valence-electron chi connectivity index (χ2n) is 7.49. The van der Waals surface area contributed by atoms with E-state index in [1.165, 1.54) is 11.1 Å². The number of benzene rings is 2. The van der Waals surface area contributed by atoms with E-state index in [0.29, 0.717) is 11.6 Å². The van der Waals surface area contributed by atoms with Gasteiger partial charge in [0, 0.05) is 13.1 Å². The molecule has 0 unspecified atom stereocenters. The molecule has 0 N–H and O–H groups in total. The summed E-state index contributed by atoms with van der Waals surface area (Å²) in [5, 5.41) is 8.27. The molecule has 2 heterocycles. The average Bonchev–Trinajstić information content (AvgIpc) is 3.25. The molecule has 0 atom stereocenters. The van der Waals surface area contributed by atoms with Crippen molar-refractivity contribution in [2.45, 2.75) is 32.6 Å². The molecule has 1 aromatic heterocycles. The maximum Gasteiger partial charge on any atom is 0.276 e. The van der Waals surface area contributed by atoms with Crippen molar-refractivity contribution < 1.29 is 4.79 Å². The van der Waals surface area contributed by atoms with E-state index < -0.39 is 0 Å². The Bertz CT molecular complexity index is 909. The van der Waals surface area contributed by atoms with E-state index in [0.717, 1.165) is 44.5 Å². The number of rotatable bonds is 5. The molecule has 1 aliphatic heterocycles. The zero-order chi connectivity index (χ0) is 19.3. The monoisotopic (exact) mass is 374 g/mol. The Hall–Kier alpha value is -2.95. The Labute approximate surface area is 166 Å². The maximum atomic E-state index is 12.8. The van der Waals surface area contributed by atoms with Crippen LogP contribution in [0.2, 0.25) is 0 Å². The maximum absolute atomic E-state index is 12.8. The van der Waals surface area contributed by atoms with Crippen LogP contribution in [0.4, 0.5) is 0 Å². The first-order valence-electron chi connectivity index (χ1n) is 10.1. The predicted octanol–water partition coefficient (Wildman–Crippen LogP) is 3.92. The first-order valence-corrected chi connectivity index (χ1v) is 10.1. The number of piperidine rings is 1. The van der Waals surface area contributed by atoms with Crippen LogP contribution in [0.5, 0.6) is 0 Å². The highest BCUT2D eigenvalue weighted by molar-refractivity contribution is 5.92. The topological polar surface area (TPSA) is 51.0 Å². The van der Waals surface area contributed by atoms with Crippen LogP contribution >= 0.6 is 0 Å². The fraction of sp³-hybridized carbons (Fsp3) is 0.348. The van der Waals surface area contributed by atoms with E-state index in [4.69, 9.17) is 0 Å². The summed E-state index contributed by atoms with van der Waals surface area (Å²) in [7, 11) is 0. The minimum Gasteiger partial charge on any atom is -0.337 e. The van der Waals surface area contributed by atoms with Crippen LogP contribution < -0.4 is 0 Å². The van der Waals surface area contributed by atoms with E-state index in [1.54, 1.807) is 10.9 Å². The molecule has 1 saturated heterocycles. The lowest BCUT2D eigenvalue weighted by Gasteiger charge is -2.31. The number of hydrogen-bond acceptors (Lipinski definition) is 3. The molecule has 4 rings (SSSR count). The summed E-state index contributed by atoms with van der Waals surface area (Å²) in [5.74, 6) is 0.619. The summed E-state index contributed by atoms with van der Waals surface area (Å²) in [6, 6.07) is 18.8. The Balaban J connectivity index is 1.36. The highest BCUT2D eigenvalue weighted by atomic mass is 16.2. The van der Waals surface area contributed by atoms with E-state index in [9.17, 15) is 4.79 Å². The van der Waals surface area contributed by atoms with Crippen molar-refractivity contribution in [3.05, 3.63) is 77.6 Å². The van der Waals surface area contributed by atoms with Crippen LogP contribution in [-0.2, 0) is 12.8 Å². The predicted molar refractivity (Wildman–Crippen MR) is 110 cm³/mol. The van der Waals surface area contributed by atoms with Gasteiger partial charge in [-0.05, 0) is 54.9 Å². The van der Waals surface area contributed by atoms with Gasteiger partial charge >= 0.3 is 0 Å². The number of carbonyl (C=O) groups excluding carboxylic acids is 1. The number of nitrogens with zero attached hydrogens (tertiary/aromatic N) is 4. The molecule has 0 saturated carbocycles. The molecule has 3 aromatic rings. The minimum atomic E-state index is -0.0189. The number of likely N-dealkylation sites (tertiary alicyclic amines) is 1. The van der Waals surface area contributed by atoms with Gasteiger partial charge in [-0.2, -0.15) is 0 Å². The molecule has 5 heteroatoms. The van der Waals surface area contributed by atoms with Crippen molar-refractivity contribution in [3.8, 4) is 5.69 Å². The second-order valence-corrected chi connectivity index (χ2v) is 7.49. The average molecular weight is 374 g/mol. The van der Waals surface area contributed by atoms with Crippen LogP contribution in [0.15, 0.2) is 60.8 Å². The third kappa shape index (κ3) is 4.14. The number of aryl methyl sites for hydroxylation is 1. The molecule has 1 aliphatic rings. The van der Waals surface area contributed by atoms with Crippen molar-refractivity contribution in [1.82, 2.24) is 19.9 Å². The molecule has 5 nitrogen and oxygen atoms in total. The smallest absolute Gasteiger partial charge is 0.276 e. The van der Waals surface area contributed by atoms with E-state index in [-0.39, 0.29) is 5.91 Å². The quantitative estimate of drug-likeness (QED) is 0.680. The summed E-state index contributed by atoms with van der Waals surface area (Å²) in [6.45, 7) is 3.70. The zero-order valence-corrected chi connectivity index (χ0v) is 16.3. The van der Waals surface area contributed by atoms with Crippen LogP contribution in [-0.4, -0.2) is 38.9 Å². The van der Waals surface area contributed by atoms with Gasteiger partial charge in [-0.25, -0.2) is 4.68 Å². The Morgan fingerprint density at radius 3 is 2.39 bits per heavy atom. The standard InChI is InChI=1S/C23H26N4O/c1-2-18-8-10-21(11-9-18)27-17-22(24-25-27)23(28)26-14-12-20(13-15-26)16-19-6-4-3-5-7-19/h3-11,17,20H,2,12-16H2,1H3. The van der Waals surface area contributed by atoms with Gasteiger partial charge in [-0.15, -0.1) is 5.10 Å². The first kappa shape index (κ1) is 18.4. The van der Waals surface area contributed by atoms with Crippen LogP contribution in [0.1, 0.15) is 41.4 Å². The van der Waals surface area contributed by atoms with Crippen molar-refractivity contribution >= 4 is 5.91 Å². The van der Waals surface area contributed by atoms with E-state index >= 15 is 0 Å². The third-order valence-electron chi connectivity index (χ3n) is 5.59. The van der Waals surface area contributed by atoms with E-state index in [1.807, 2.05) is 17.0 Å². The normalized spacial score (nSPS) is 15.0. The van der Waals surface area contributed by atoms with Gasteiger partial charge < -0.3 is 4.90 Å². The second kappa shape index (κ2) is 8.38. The molecular formula is C23H26N4O. The molecule has 144 valence electrons. The van der Waals surface area contributed by atoms with Crippen molar-refractivity contribution in [1.29, 1.82) is 0 Å². The van der Waals surface area contributed by atoms with E-state index in [2.05, 4.69) is 59.7 Å². The highest BCUT2D eigenvalue weighted by Gasteiger charge is 2.25. The highest BCUT2D eigenvalue weighted by Crippen LogP contribution is 2.22. The van der Waals surface area contributed by atoms with Gasteiger partial charge in [0.2, 0.25) is 0 Å². The summed E-state index contributed by atoms with van der Waals surface area (Å²) in [4.78, 5) is 14.7. The molecule has 2 aromatic carbocycles. The third-order valence-corrected chi connectivity index (χ3v) is 5.59. The molecular weight excluding hydrogens is 348 g/mol. The Kier molecular flexibility index (Phi) is 5.51. The lowest BCUT2D eigenvalue weighted by atomic mass is 9.90. The fourth-order valence-corrected chi connectivity index (χ4v) is 3.82. The van der Waals surface area contributed by atoms with Crippen LogP contribution in [0, 0.1) is 5.92 Å². The van der Waals surface area contributed by atoms with Gasteiger partial charge in [0.05, 0.1) is 11.9 Å². The largest absolute Gasteiger partial charge is 0.337 e. The summed E-state index contributed by atoms with van der Waals surface area (Å²) in [6.07, 6.45) is 5.90. The molecule has 0 bridgehead atoms. The molecule has 0 radical (unpaired) electrons. The Morgan fingerprint density at radius 2 is 1.71 bits per heavy atom. The van der Waals surface area contributed by atoms with Crippen molar-refractivity contribution in [2.75, 3.05) is 13.1 Å². The minimum absolute atomic E-state index is 0.0189. The van der Waals surface area contributed by atoms with Crippen molar-refractivity contribution in [3.63, 3.8) is 0 Å². The molecule has 0 aliphatic carbocycles. The van der Waals surface area contributed by atoms with Gasteiger partial charge in [0.25, 0.3) is 5.91 Å². The Morgan fingerprint density at radius 1 is 1.00 bits per heavy atom. The zero-order valence-electron chi connectivity index (χ0n) is 16.3. The number of carbonyl (C=O) groups is 1. The van der Waals surface area contributed by atoms with Gasteiger partial charge in [-0.1, -0.05) is 54.6 Å². The molecule has 0 spiro atoms. The molecule has 1 fully saturated rings. The van der Waals surface area contributed by atoms with Gasteiger partial charge in [0.1, 0.15) is 0 Å². The summed E-state index contributed by atoms with van der Waals surface area (Å²) in [5.41, 5.74) is 3.99. The lowest BCUT2D eigenvalue weighted by molar-refractivity contribution is 0.0684. The summed E-state index contributed by atoms with van der Waals surface area (Å²) < 4.78 is 1.68. The van der Waals surface area contributed by atoms with Gasteiger partial charge in [0.15, 0.2) is 5.69 Å². The van der Waals surface area contributed by atoms with Crippen LogP contribution in [0.25, 0.3) is 5.69 Å². The number of amides is 1. The summed E-state index contributed by atoms with van der Waals surface area (Å²) >= 11 is 0. The van der Waals surface area contributed by atoms with Gasteiger partial charge in [-0.3, -0.25) is 4.79 Å². The lowest BCUT2D eigenvalue weighted by Crippen LogP contribution is -2.39.